The number of benzene rings is 1. The number of carboxylic acids is 1. The van der Waals surface area contributed by atoms with E-state index in [0.29, 0.717) is 11.5 Å². The number of nitrogens with one attached hydrogen (secondary N) is 1. The predicted molar refractivity (Wildman–Crippen MR) is 72.6 cm³/mol. The van der Waals surface area contributed by atoms with Crippen molar-refractivity contribution in [1.82, 2.24) is 4.98 Å². The Labute approximate surface area is 118 Å². The van der Waals surface area contributed by atoms with Gasteiger partial charge in [0, 0.05) is 11.8 Å². The molecule has 0 fully saturated rings. The number of carbonyl (C=O) groups is 1. The first-order valence-electron chi connectivity index (χ1n) is 5.37. The number of aromatic carboxylic acids is 1. The number of rotatable bonds is 4. The van der Waals surface area contributed by atoms with E-state index in [-0.39, 0.29) is 16.3 Å². The maximum Gasteiger partial charge on any atom is 0.337 e. The molecule has 2 rings (SSSR count). The molecule has 1 heterocycles. The Morgan fingerprint density at radius 2 is 2.10 bits per heavy atom. The van der Waals surface area contributed by atoms with Crippen LogP contribution in [0.1, 0.15) is 10.4 Å². The van der Waals surface area contributed by atoms with Crippen LogP contribution < -0.4 is 5.32 Å². The molecule has 7 nitrogen and oxygen atoms in total. The summed E-state index contributed by atoms with van der Waals surface area (Å²) in [6.07, 6.45) is 1.11. The van der Waals surface area contributed by atoms with E-state index in [1.54, 1.807) is 6.07 Å². The van der Waals surface area contributed by atoms with Crippen molar-refractivity contribution >= 4 is 34.8 Å². The van der Waals surface area contributed by atoms with Gasteiger partial charge in [-0.2, -0.15) is 0 Å². The zero-order valence-electron chi connectivity index (χ0n) is 9.91. The summed E-state index contributed by atoms with van der Waals surface area (Å²) in [5.74, 6) is -0.787. The quantitative estimate of drug-likeness (QED) is 0.663. The van der Waals surface area contributed by atoms with Crippen molar-refractivity contribution in [3.8, 4) is 0 Å². The van der Waals surface area contributed by atoms with Gasteiger partial charge in [0.05, 0.1) is 15.5 Å². The molecule has 0 radical (unpaired) electrons. The van der Waals surface area contributed by atoms with Crippen LogP contribution >= 0.6 is 11.6 Å². The molecule has 20 heavy (non-hydrogen) atoms. The van der Waals surface area contributed by atoms with E-state index >= 15 is 0 Å². The molecule has 0 amide bonds. The number of halogens is 1. The average molecular weight is 294 g/mol. The molecule has 0 spiro atoms. The van der Waals surface area contributed by atoms with Crippen LogP contribution in [-0.2, 0) is 0 Å². The third kappa shape index (κ3) is 3.01. The maximum atomic E-state index is 10.9. The summed E-state index contributed by atoms with van der Waals surface area (Å²) in [4.78, 5) is 24.7. The molecule has 0 saturated heterocycles. The topological polar surface area (TPSA) is 105 Å². The molecule has 0 bridgehead atoms. The summed E-state index contributed by atoms with van der Waals surface area (Å²) in [6, 6.07) is 7.10. The minimum atomic E-state index is -1.14. The van der Waals surface area contributed by atoms with Gasteiger partial charge in [0.15, 0.2) is 0 Å². The Bertz CT molecular complexity index is 673. The van der Waals surface area contributed by atoms with E-state index in [4.69, 9.17) is 16.7 Å². The second-order valence-electron chi connectivity index (χ2n) is 3.78. The van der Waals surface area contributed by atoms with Crippen molar-refractivity contribution in [3.63, 3.8) is 0 Å². The van der Waals surface area contributed by atoms with Crippen molar-refractivity contribution in [1.29, 1.82) is 0 Å². The third-order valence-electron chi connectivity index (χ3n) is 2.43. The fraction of sp³-hybridized carbons (Fsp3) is 0. The number of anilines is 2. The number of pyridine rings is 1. The molecule has 0 aliphatic carbocycles. The summed E-state index contributed by atoms with van der Waals surface area (Å²) >= 11 is 5.75. The molecule has 0 unspecified atom stereocenters. The highest BCUT2D eigenvalue weighted by atomic mass is 35.5. The fourth-order valence-corrected chi connectivity index (χ4v) is 1.68. The molecule has 0 aliphatic heterocycles. The zero-order chi connectivity index (χ0) is 14.7. The molecule has 2 aromatic rings. The van der Waals surface area contributed by atoms with E-state index < -0.39 is 10.9 Å². The van der Waals surface area contributed by atoms with Crippen LogP contribution in [-0.4, -0.2) is 21.0 Å². The van der Waals surface area contributed by atoms with Crippen molar-refractivity contribution in [3.05, 3.63) is 57.2 Å². The molecule has 102 valence electrons. The second-order valence-corrected chi connectivity index (χ2v) is 4.19. The lowest BCUT2D eigenvalue weighted by Crippen LogP contribution is -2.00. The Morgan fingerprint density at radius 1 is 1.35 bits per heavy atom. The Hall–Kier alpha value is -2.67. The molecule has 0 saturated carbocycles. The van der Waals surface area contributed by atoms with Crippen LogP contribution in [0, 0.1) is 10.1 Å². The molecular weight excluding hydrogens is 286 g/mol. The fourth-order valence-electron chi connectivity index (χ4n) is 1.48. The van der Waals surface area contributed by atoms with Gasteiger partial charge in [-0.25, -0.2) is 9.78 Å². The number of aromatic nitrogens is 1. The van der Waals surface area contributed by atoms with Gasteiger partial charge in [-0.1, -0.05) is 11.6 Å². The van der Waals surface area contributed by atoms with Crippen LogP contribution in [0.15, 0.2) is 36.5 Å². The van der Waals surface area contributed by atoms with Crippen LogP contribution in [0.25, 0.3) is 0 Å². The van der Waals surface area contributed by atoms with Gasteiger partial charge in [0.1, 0.15) is 12.0 Å². The molecular formula is C12H8ClN3O4. The standard InChI is InChI=1S/C12H8ClN3O4/c13-10-3-1-7(5-9(10)12(17)18)15-11-4-2-8(6-14-11)16(19)20/h1-6H,(H,14,15)(H,17,18). The first-order chi connectivity index (χ1) is 9.47. The summed E-state index contributed by atoms with van der Waals surface area (Å²) in [7, 11) is 0. The van der Waals surface area contributed by atoms with Gasteiger partial charge in [-0.05, 0) is 24.3 Å². The van der Waals surface area contributed by atoms with Gasteiger partial charge in [-0.15, -0.1) is 0 Å². The van der Waals surface area contributed by atoms with Gasteiger partial charge >= 0.3 is 5.97 Å². The van der Waals surface area contributed by atoms with Crippen molar-refractivity contribution < 1.29 is 14.8 Å². The maximum absolute atomic E-state index is 10.9. The first kappa shape index (κ1) is 13.8. The lowest BCUT2D eigenvalue weighted by atomic mass is 10.2. The minimum Gasteiger partial charge on any atom is -0.478 e. The lowest BCUT2D eigenvalue weighted by molar-refractivity contribution is -0.385. The number of hydrogen-bond donors (Lipinski definition) is 2. The van der Waals surface area contributed by atoms with Crippen molar-refractivity contribution in [2.45, 2.75) is 0 Å². The van der Waals surface area contributed by atoms with E-state index in [1.165, 1.54) is 24.3 Å². The van der Waals surface area contributed by atoms with E-state index in [9.17, 15) is 14.9 Å². The van der Waals surface area contributed by atoms with E-state index in [2.05, 4.69) is 10.3 Å². The number of carboxylic acid groups (broad SMARTS) is 1. The van der Waals surface area contributed by atoms with Crippen LogP contribution in [0.3, 0.4) is 0 Å². The van der Waals surface area contributed by atoms with Crippen molar-refractivity contribution in [2.75, 3.05) is 5.32 Å². The zero-order valence-corrected chi connectivity index (χ0v) is 10.7. The Balaban J connectivity index is 2.23. The molecule has 1 aromatic heterocycles. The predicted octanol–water partition coefficient (Wildman–Crippen LogP) is 3.09. The Kier molecular flexibility index (Phi) is 3.81. The van der Waals surface area contributed by atoms with E-state index in [1.807, 2.05) is 0 Å². The second kappa shape index (κ2) is 5.54. The number of nitrogens with zero attached hydrogens (tertiary/aromatic N) is 2. The third-order valence-corrected chi connectivity index (χ3v) is 2.76. The molecule has 1 aromatic carbocycles. The van der Waals surface area contributed by atoms with Gasteiger partial charge in [0.2, 0.25) is 0 Å². The summed E-state index contributed by atoms with van der Waals surface area (Å²) < 4.78 is 0. The summed E-state index contributed by atoms with van der Waals surface area (Å²) in [5.41, 5.74) is 0.296. The average Bonchev–Trinajstić information content (AvgIpc) is 2.41. The normalized spacial score (nSPS) is 10.1. The van der Waals surface area contributed by atoms with Crippen LogP contribution in [0.4, 0.5) is 17.2 Å². The molecule has 0 aliphatic rings. The first-order valence-corrected chi connectivity index (χ1v) is 5.75. The molecule has 2 N–H and O–H groups in total. The minimum absolute atomic E-state index is 0.0430. The van der Waals surface area contributed by atoms with E-state index in [0.717, 1.165) is 6.20 Å². The van der Waals surface area contributed by atoms with Gasteiger partial charge in [-0.3, -0.25) is 10.1 Å². The number of hydrogen-bond acceptors (Lipinski definition) is 5. The van der Waals surface area contributed by atoms with Gasteiger partial charge < -0.3 is 10.4 Å². The van der Waals surface area contributed by atoms with Crippen molar-refractivity contribution in [2.24, 2.45) is 0 Å². The summed E-state index contributed by atoms with van der Waals surface area (Å²) in [6.45, 7) is 0. The lowest BCUT2D eigenvalue weighted by Gasteiger charge is -2.07. The highest BCUT2D eigenvalue weighted by Gasteiger charge is 2.10. The highest BCUT2D eigenvalue weighted by molar-refractivity contribution is 6.33. The smallest absolute Gasteiger partial charge is 0.337 e. The largest absolute Gasteiger partial charge is 0.478 e. The monoisotopic (exact) mass is 293 g/mol. The number of nitro groups is 1. The molecule has 0 atom stereocenters. The SMILES string of the molecule is O=C(O)c1cc(Nc2ccc([N+](=O)[O-])cn2)ccc1Cl. The summed E-state index contributed by atoms with van der Waals surface area (Å²) in [5, 5.41) is 22.4. The highest BCUT2D eigenvalue weighted by Crippen LogP contribution is 2.23. The Morgan fingerprint density at radius 3 is 2.65 bits per heavy atom. The van der Waals surface area contributed by atoms with Crippen LogP contribution in [0.5, 0.6) is 0 Å². The van der Waals surface area contributed by atoms with Crippen LogP contribution in [0.2, 0.25) is 5.02 Å². The molecule has 8 heteroatoms. The van der Waals surface area contributed by atoms with Gasteiger partial charge in [0.25, 0.3) is 5.69 Å².